The van der Waals surface area contributed by atoms with E-state index in [2.05, 4.69) is 9.97 Å². The van der Waals surface area contributed by atoms with Gasteiger partial charge in [0.25, 0.3) is 0 Å². The van der Waals surface area contributed by atoms with Crippen LogP contribution in [0.4, 0.5) is 30.6 Å². The van der Waals surface area contributed by atoms with Crippen molar-refractivity contribution in [1.82, 2.24) is 9.97 Å². The van der Waals surface area contributed by atoms with Crippen LogP contribution in [0.2, 0.25) is 0 Å². The molecular weight excluding hydrogens is 430 g/mol. The van der Waals surface area contributed by atoms with Gasteiger partial charge in [-0.2, -0.15) is 0 Å². The van der Waals surface area contributed by atoms with Crippen molar-refractivity contribution in [1.29, 1.82) is 0 Å². The number of rotatable bonds is 4. The molecule has 0 saturated carbocycles. The number of hydrogen-bond donors (Lipinski definition) is 1. The van der Waals surface area contributed by atoms with Crippen molar-refractivity contribution < 1.29 is 23.0 Å². The molecule has 1 N–H and O–H groups in total. The molecule has 0 radical (unpaired) electrons. The first-order valence-electron chi connectivity index (χ1n) is 10.2. The molecule has 0 spiro atoms. The number of anilines is 3. The fraction of sp³-hybridized carbons (Fsp3) is 0.167. The standard InChI is InChI=1S/C24H20F2N4O3/c1-13-5-4-6-15(9-13)30-21-14(11-28-23-16(21)7-8-27-23)12-29(24(30)31)22-19(25)17(32-2)10-18(33-3)20(22)26/h4-11H,12H2,1-3H3,(H,27,28). The number of methoxy groups -OCH3 is 2. The molecule has 0 unspecified atom stereocenters. The number of aryl methyl sites for hydroxylation is 1. The SMILES string of the molecule is COc1cc(OC)c(F)c(N2Cc3cnc4[nH]ccc4c3N(c3cccc(C)c3)C2=O)c1F. The van der Waals surface area contributed by atoms with E-state index in [1.807, 2.05) is 31.2 Å². The molecule has 1 aliphatic rings. The van der Waals surface area contributed by atoms with Crippen molar-refractivity contribution >= 4 is 34.1 Å². The first-order valence-corrected chi connectivity index (χ1v) is 10.2. The monoisotopic (exact) mass is 450 g/mol. The van der Waals surface area contributed by atoms with E-state index in [1.165, 1.54) is 19.1 Å². The molecule has 7 nitrogen and oxygen atoms in total. The van der Waals surface area contributed by atoms with Gasteiger partial charge in [0.2, 0.25) is 0 Å². The number of aromatic amines is 1. The highest BCUT2D eigenvalue weighted by atomic mass is 19.1. The number of fused-ring (bicyclic) bond motifs is 3. The van der Waals surface area contributed by atoms with Gasteiger partial charge in [-0.15, -0.1) is 0 Å². The number of pyridine rings is 1. The lowest BCUT2D eigenvalue weighted by atomic mass is 10.1. The van der Waals surface area contributed by atoms with Crippen LogP contribution in [0.1, 0.15) is 11.1 Å². The minimum Gasteiger partial charge on any atom is -0.493 e. The Balaban J connectivity index is 1.78. The molecule has 4 aromatic rings. The molecule has 1 aliphatic heterocycles. The zero-order valence-corrected chi connectivity index (χ0v) is 18.1. The first kappa shape index (κ1) is 20.7. The third kappa shape index (κ3) is 3.15. The van der Waals surface area contributed by atoms with Gasteiger partial charge < -0.3 is 14.5 Å². The molecule has 0 aliphatic carbocycles. The number of amides is 2. The highest BCUT2D eigenvalue weighted by molar-refractivity contribution is 6.15. The second-order valence-electron chi connectivity index (χ2n) is 7.67. The maximum absolute atomic E-state index is 15.3. The topological polar surface area (TPSA) is 70.7 Å². The Hall–Kier alpha value is -4.14. The van der Waals surface area contributed by atoms with Crippen LogP contribution in [0, 0.1) is 18.6 Å². The van der Waals surface area contributed by atoms with E-state index >= 15 is 8.78 Å². The Morgan fingerprint density at radius 3 is 2.42 bits per heavy atom. The van der Waals surface area contributed by atoms with E-state index in [1.54, 1.807) is 18.5 Å². The van der Waals surface area contributed by atoms with E-state index in [9.17, 15) is 4.79 Å². The minimum absolute atomic E-state index is 0.0885. The number of benzene rings is 2. The number of aromatic nitrogens is 2. The highest BCUT2D eigenvalue weighted by Gasteiger charge is 2.38. The first-order chi connectivity index (χ1) is 15.9. The quantitative estimate of drug-likeness (QED) is 0.449. The predicted octanol–water partition coefficient (Wildman–Crippen LogP) is 5.45. The molecular formula is C24H20F2N4O3. The minimum atomic E-state index is -0.993. The third-order valence-electron chi connectivity index (χ3n) is 5.69. The molecule has 2 aromatic carbocycles. The van der Waals surface area contributed by atoms with Crippen LogP contribution in [0.3, 0.4) is 0 Å². The number of H-pyrrole nitrogens is 1. The van der Waals surface area contributed by atoms with Gasteiger partial charge in [-0.25, -0.2) is 18.6 Å². The van der Waals surface area contributed by atoms with Gasteiger partial charge in [-0.3, -0.25) is 9.80 Å². The summed E-state index contributed by atoms with van der Waals surface area (Å²) in [5.41, 5.74) is 2.79. The molecule has 5 rings (SSSR count). The van der Waals surface area contributed by atoms with Crippen LogP contribution in [-0.2, 0) is 6.54 Å². The Kier molecular flexibility index (Phi) is 4.88. The molecule has 0 fully saturated rings. The van der Waals surface area contributed by atoms with Gasteiger partial charge >= 0.3 is 6.03 Å². The summed E-state index contributed by atoms with van der Waals surface area (Å²) < 4.78 is 40.8. The van der Waals surface area contributed by atoms with Crippen LogP contribution in [0.25, 0.3) is 11.0 Å². The Morgan fingerprint density at radius 1 is 1.03 bits per heavy atom. The molecule has 33 heavy (non-hydrogen) atoms. The number of carbonyl (C=O) groups is 1. The Bertz CT molecular complexity index is 1370. The molecule has 168 valence electrons. The maximum atomic E-state index is 15.3. The van der Waals surface area contributed by atoms with E-state index < -0.39 is 23.4 Å². The zero-order valence-electron chi connectivity index (χ0n) is 18.1. The Labute approximate surface area is 188 Å². The van der Waals surface area contributed by atoms with Gasteiger partial charge in [-0.05, 0) is 30.7 Å². The van der Waals surface area contributed by atoms with Gasteiger partial charge in [0, 0.05) is 29.4 Å². The van der Waals surface area contributed by atoms with Crippen LogP contribution >= 0.6 is 0 Å². The highest BCUT2D eigenvalue weighted by Crippen LogP contribution is 2.44. The summed E-state index contributed by atoms with van der Waals surface area (Å²) in [5.74, 6) is -2.45. The maximum Gasteiger partial charge on any atom is 0.334 e. The van der Waals surface area contributed by atoms with Crippen molar-refractivity contribution in [3.05, 3.63) is 71.6 Å². The largest absolute Gasteiger partial charge is 0.493 e. The van der Waals surface area contributed by atoms with Crippen LogP contribution in [-0.4, -0.2) is 30.2 Å². The predicted molar refractivity (Wildman–Crippen MR) is 120 cm³/mol. The fourth-order valence-corrected chi connectivity index (χ4v) is 4.16. The van der Waals surface area contributed by atoms with Gasteiger partial charge in [0.1, 0.15) is 11.3 Å². The lowest BCUT2D eigenvalue weighted by molar-refractivity contribution is 0.251. The molecule has 0 bridgehead atoms. The van der Waals surface area contributed by atoms with Crippen molar-refractivity contribution in [3.63, 3.8) is 0 Å². The van der Waals surface area contributed by atoms with Crippen LogP contribution < -0.4 is 19.3 Å². The molecule has 2 aromatic heterocycles. The summed E-state index contributed by atoms with van der Waals surface area (Å²) in [6.45, 7) is 1.82. The normalized spacial score (nSPS) is 13.4. The molecule has 9 heteroatoms. The van der Waals surface area contributed by atoms with Crippen molar-refractivity contribution in [2.24, 2.45) is 0 Å². The summed E-state index contributed by atoms with van der Waals surface area (Å²) in [5, 5.41) is 0.728. The number of nitrogens with zero attached hydrogens (tertiary/aromatic N) is 3. The molecule has 0 saturated heterocycles. The number of halogens is 2. The molecule has 2 amide bonds. The number of nitrogens with one attached hydrogen (secondary N) is 1. The summed E-state index contributed by atoms with van der Waals surface area (Å²) >= 11 is 0. The number of urea groups is 1. The van der Waals surface area contributed by atoms with Crippen LogP contribution in [0.15, 0.2) is 48.8 Å². The fourth-order valence-electron chi connectivity index (χ4n) is 4.16. The zero-order chi connectivity index (χ0) is 23.3. The summed E-state index contributed by atoms with van der Waals surface area (Å²) in [7, 11) is 2.52. The Morgan fingerprint density at radius 2 is 1.76 bits per heavy atom. The third-order valence-corrected chi connectivity index (χ3v) is 5.69. The smallest absolute Gasteiger partial charge is 0.334 e. The second-order valence-corrected chi connectivity index (χ2v) is 7.67. The van der Waals surface area contributed by atoms with E-state index in [-0.39, 0.29) is 18.0 Å². The molecule has 0 atom stereocenters. The number of hydrogen-bond acceptors (Lipinski definition) is 4. The van der Waals surface area contributed by atoms with Crippen molar-refractivity contribution in [3.8, 4) is 11.5 Å². The summed E-state index contributed by atoms with van der Waals surface area (Å²) in [4.78, 5) is 23.8. The summed E-state index contributed by atoms with van der Waals surface area (Å²) in [6, 6.07) is 9.65. The van der Waals surface area contributed by atoms with Crippen molar-refractivity contribution in [2.75, 3.05) is 24.0 Å². The summed E-state index contributed by atoms with van der Waals surface area (Å²) in [6.07, 6.45) is 3.33. The van der Waals surface area contributed by atoms with E-state index in [4.69, 9.17) is 9.47 Å². The van der Waals surface area contributed by atoms with Crippen LogP contribution in [0.5, 0.6) is 11.5 Å². The average Bonchev–Trinajstić information content (AvgIpc) is 3.29. The number of carbonyl (C=O) groups excluding carboxylic acids is 1. The number of ether oxygens (including phenoxy) is 2. The molecule has 3 heterocycles. The van der Waals surface area contributed by atoms with Gasteiger partial charge in [-0.1, -0.05) is 12.1 Å². The lowest BCUT2D eigenvalue weighted by Crippen LogP contribution is -2.46. The van der Waals surface area contributed by atoms with Gasteiger partial charge in [0.15, 0.2) is 23.1 Å². The van der Waals surface area contributed by atoms with E-state index in [0.29, 0.717) is 22.6 Å². The second kappa shape index (κ2) is 7.77. The lowest BCUT2D eigenvalue weighted by Gasteiger charge is -2.37. The van der Waals surface area contributed by atoms with Gasteiger partial charge in [0.05, 0.1) is 32.1 Å². The van der Waals surface area contributed by atoms with E-state index in [0.717, 1.165) is 21.9 Å². The average molecular weight is 450 g/mol. The van der Waals surface area contributed by atoms with Crippen molar-refractivity contribution in [2.45, 2.75) is 13.5 Å².